The highest BCUT2D eigenvalue weighted by atomic mass is 35.5. The largest absolute Gasteiger partial charge is 0.349 e. The van der Waals surface area contributed by atoms with Crippen LogP contribution in [-0.4, -0.2) is 43.5 Å². The minimum Gasteiger partial charge on any atom is -0.349 e. The molecule has 2 aromatic rings. The Labute approximate surface area is 163 Å². The molecule has 0 aliphatic heterocycles. The lowest BCUT2D eigenvalue weighted by molar-refractivity contribution is -0.119. The second-order valence-corrected chi connectivity index (χ2v) is 9.27. The molecule has 0 aliphatic carbocycles. The number of benzene rings is 1. The molecule has 6 nitrogen and oxygen atoms in total. The van der Waals surface area contributed by atoms with Crippen molar-refractivity contribution < 1.29 is 13.2 Å². The van der Waals surface area contributed by atoms with E-state index in [1.165, 1.54) is 38.1 Å². The fraction of sp³-hybridized carbons (Fsp3) is 0.294. The summed E-state index contributed by atoms with van der Waals surface area (Å²) in [5, 5.41) is 4.06. The maximum atomic E-state index is 12.1. The Bertz CT molecular complexity index is 871. The summed E-state index contributed by atoms with van der Waals surface area (Å²) in [6.45, 7) is 1.86. The zero-order chi connectivity index (χ0) is 19.3. The van der Waals surface area contributed by atoms with E-state index in [2.05, 4.69) is 10.3 Å². The van der Waals surface area contributed by atoms with Gasteiger partial charge in [-0.2, -0.15) is 0 Å². The summed E-state index contributed by atoms with van der Waals surface area (Å²) in [5.74, 6) is 0.0101. The van der Waals surface area contributed by atoms with Crippen molar-refractivity contribution in [2.24, 2.45) is 0 Å². The van der Waals surface area contributed by atoms with Gasteiger partial charge in [-0.25, -0.2) is 17.7 Å². The van der Waals surface area contributed by atoms with Gasteiger partial charge in [-0.05, 0) is 30.7 Å². The SMILES string of the molecule is C[C@@H](NC(=O)CSc1ccc(S(=O)(=O)N(C)C)cn1)c1ccccc1Cl. The van der Waals surface area contributed by atoms with Crippen LogP contribution in [0.1, 0.15) is 18.5 Å². The van der Waals surface area contributed by atoms with Crippen LogP contribution in [0.2, 0.25) is 5.02 Å². The van der Waals surface area contributed by atoms with Crippen molar-refractivity contribution in [2.75, 3.05) is 19.8 Å². The molecule has 0 radical (unpaired) electrons. The van der Waals surface area contributed by atoms with Crippen LogP contribution in [-0.2, 0) is 14.8 Å². The van der Waals surface area contributed by atoms with E-state index in [1.54, 1.807) is 12.1 Å². The highest BCUT2D eigenvalue weighted by molar-refractivity contribution is 7.99. The van der Waals surface area contributed by atoms with Crippen molar-refractivity contribution in [1.29, 1.82) is 0 Å². The number of thioether (sulfide) groups is 1. The molecule has 0 saturated heterocycles. The van der Waals surface area contributed by atoms with E-state index in [1.807, 2.05) is 25.1 Å². The summed E-state index contributed by atoms with van der Waals surface area (Å²) >= 11 is 7.36. The van der Waals surface area contributed by atoms with Crippen molar-refractivity contribution in [1.82, 2.24) is 14.6 Å². The van der Waals surface area contributed by atoms with Gasteiger partial charge >= 0.3 is 0 Å². The molecule has 9 heteroatoms. The van der Waals surface area contributed by atoms with E-state index in [-0.39, 0.29) is 22.6 Å². The fourth-order valence-corrected chi connectivity index (χ4v) is 3.94. The van der Waals surface area contributed by atoms with E-state index < -0.39 is 10.0 Å². The van der Waals surface area contributed by atoms with Gasteiger partial charge in [0.25, 0.3) is 0 Å². The summed E-state index contributed by atoms with van der Waals surface area (Å²) in [5.41, 5.74) is 0.851. The standard InChI is InChI=1S/C17H20ClN3O3S2/c1-12(14-6-4-5-7-15(14)18)20-16(22)11-25-17-9-8-13(10-19-17)26(23,24)21(2)3/h4-10,12H,11H2,1-3H3,(H,20,22)/t12-/m1/s1. The third-order valence-electron chi connectivity index (χ3n) is 3.59. The van der Waals surface area contributed by atoms with E-state index in [9.17, 15) is 13.2 Å². The molecule has 1 atom stereocenters. The molecule has 0 unspecified atom stereocenters. The highest BCUT2D eigenvalue weighted by Crippen LogP contribution is 2.23. The molecule has 2 rings (SSSR count). The van der Waals surface area contributed by atoms with Crippen LogP contribution >= 0.6 is 23.4 Å². The van der Waals surface area contributed by atoms with Gasteiger partial charge in [-0.15, -0.1) is 0 Å². The highest BCUT2D eigenvalue weighted by Gasteiger charge is 2.18. The van der Waals surface area contributed by atoms with Crippen molar-refractivity contribution >= 4 is 39.3 Å². The molecular formula is C17H20ClN3O3S2. The number of rotatable bonds is 7. The molecule has 1 N–H and O–H groups in total. The Kier molecular flexibility index (Phi) is 7.05. The second kappa shape index (κ2) is 8.85. The second-order valence-electron chi connectivity index (χ2n) is 5.72. The van der Waals surface area contributed by atoms with Gasteiger partial charge in [0.15, 0.2) is 0 Å². The number of nitrogens with zero attached hydrogens (tertiary/aromatic N) is 2. The Balaban J connectivity index is 1.92. The predicted molar refractivity (Wildman–Crippen MR) is 104 cm³/mol. The van der Waals surface area contributed by atoms with Crippen molar-refractivity contribution in [3.05, 3.63) is 53.2 Å². The van der Waals surface area contributed by atoms with Gasteiger partial charge in [0.2, 0.25) is 15.9 Å². The third kappa shape index (κ3) is 5.20. The van der Waals surface area contributed by atoms with E-state index in [0.29, 0.717) is 10.0 Å². The number of carbonyl (C=O) groups is 1. The molecule has 1 aromatic heterocycles. The molecule has 1 amide bonds. The summed E-state index contributed by atoms with van der Waals surface area (Å²) < 4.78 is 25.1. The van der Waals surface area contributed by atoms with Crippen molar-refractivity contribution in [2.45, 2.75) is 22.9 Å². The van der Waals surface area contributed by atoms with Gasteiger partial charge in [0.1, 0.15) is 4.90 Å². The molecule has 0 fully saturated rings. The van der Waals surface area contributed by atoms with Crippen LogP contribution in [0.25, 0.3) is 0 Å². The van der Waals surface area contributed by atoms with E-state index >= 15 is 0 Å². The lowest BCUT2D eigenvalue weighted by Gasteiger charge is -2.15. The van der Waals surface area contributed by atoms with Crippen LogP contribution in [0.4, 0.5) is 0 Å². The molecule has 0 bridgehead atoms. The number of carbonyl (C=O) groups excluding carboxylic acids is 1. The molecular weight excluding hydrogens is 394 g/mol. The third-order valence-corrected chi connectivity index (χ3v) is 6.67. The Morgan fingerprint density at radius 3 is 2.54 bits per heavy atom. The topological polar surface area (TPSA) is 79.4 Å². The number of nitrogens with one attached hydrogen (secondary N) is 1. The smallest absolute Gasteiger partial charge is 0.244 e. The Hall–Kier alpha value is -1.61. The Morgan fingerprint density at radius 2 is 1.96 bits per heavy atom. The summed E-state index contributed by atoms with van der Waals surface area (Å²) in [6, 6.07) is 10.2. The number of hydrogen-bond donors (Lipinski definition) is 1. The van der Waals surface area contributed by atoms with Crippen molar-refractivity contribution in [3.8, 4) is 0 Å². The minimum atomic E-state index is -3.51. The molecule has 0 spiro atoms. The van der Waals surface area contributed by atoms with Crippen molar-refractivity contribution in [3.63, 3.8) is 0 Å². The molecule has 0 saturated carbocycles. The maximum Gasteiger partial charge on any atom is 0.244 e. The molecule has 140 valence electrons. The number of aromatic nitrogens is 1. The van der Waals surface area contributed by atoms with Gasteiger partial charge in [-0.3, -0.25) is 4.79 Å². The summed E-state index contributed by atoms with van der Waals surface area (Å²) in [6.07, 6.45) is 1.29. The minimum absolute atomic E-state index is 0.114. The lowest BCUT2D eigenvalue weighted by Crippen LogP contribution is -2.28. The number of pyridine rings is 1. The average Bonchev–Trinajstić information content (AvgIpc) is 2.60. The normalized spacial score (nSPS) is 12.8. The first-order valence-electron chi connectivity index (χ1n) is 7.77. The zero-order valence-corrected chi connectivity index (χ0v) is 17.0. The molecule has 1 aromatic carbocycles. The van der Waals surface area contributed by atoms with Crippen LogP contribution in [0, 0.1) is 0 Å². The van der Waals surface area contributed by atoms with Gasteiger partial charge in [0, 0.05) is 25.3 Å². The van der Waals surface area contributed by atoms with Crippen LogP contribution in [0.5, 0.6) is 0 Å². The zero-order valence-electron chi connectivity index (χ0n) is 14.6. The first-order chi connectivity index (χ1) is 12.2. The Morgan fingerprint density at radius 1 is 1.27 bits per heavy atom. The first kappa shape index (κ1) is 20.7. The summed E-state index contributed by atoms with van der Waals surface area (Å²) in [7, 11) is -0.584. The first-order valence-corrected chi connectivity index (χ1v) is 10.6. The summed E-state index contributed by atoms with van der Waals surface area (Å²) in [4.78, 5) is 16.3. The predicted octanol–water partition coefficient (Wildman–Crippen LogP) is 2.95. The molecule has 26 heavy (non-hydrogen) atoms. The van der Waals surface area contributed by atoms with Crippen LogP contribution in [0.3, 0.4) is 0 Å². The number of hydrogen-bond acceptors (Lipinski definition) is 5. The quantitative estimate of drug-likeness (QED) is 0.706. The average molecular weight is 414 g/mol. The van der Waals surface area contributed by atoms with Gasteiger partial charge in [-0.1, -0.05) is 41.6 Å². The molecule has 0 aliphatic rings. The monoisotopic (exact) mass is 413 g/mol. The van der Waals surface area contributed by atoms with E-state index in [4.69, 9.17) is 11.6 Å². The van der Waals surface area contributed by atoms with Crippen LogP contribution in [0.15, 0.2) is 52.5 Å². The maximum absolute atomic E-state index is 12.1. The number of amides is 1. The lowest BCUT2D eigenvalue weighted by atomic mass is 10.1. The van der Waals surface area contributed by atoms with Crippen LogP contribution < -0.4 is 5.32 Å². The fourth-order valence-electron chi connectivity index (χ4n) is 2.14. The van der Waals surface area contributed by atoms with Gasteiger partial charge in [0.05, 0.1) is 16.8 Å². The number of halogens is 1. The van der Waals surface area contributed by atoms with E-state index in [0.717, 1.165) is 9.87 Å². The molecule has 1 heterocycles. The number of sulfonamides is 1. The van der Waals surface area contributed by atoms with Gasteiger partial charge < -0.3 is 5.32 Å².